The Bertz CT molecular complexity index is 868. The van der Waals surface area contributed by atoms with Crippen molar-refractivity contribution >= 4 is 35.0 Å². The van der Waals surface area contributed by atoms with E-state index in [2.05, 4.69) is 15.5 Å². The van der Waals surface area contributed by atoms with Crippen molar-refractivity contribution in [2.75, 3.05) is 0 Å². The quantitative estimate of drug-likeness (QED) is 0.615. The van der Waals surface area contributed by atoms with E-state index in [9.17, 15) is 14.7 Å². The molecule has 26 heavy (non-hydrogen) atoms. The van der Waals surface area contributed by atoms with E-state index in [4.69, 9.17) is 4.74 Å². The number of rotatable bonds is 6. The van der Waals surface area contributed by atoms with Crippen LogP contribution in [0.2, 0.25) is 0 Å². The fraction of sp³-hybridized carbons (Fsp3) is 0.111. The van der Waals surface area contributed by atoms with E-state index in [-0.39, 0.29) is 11.6 Å². The van der Waals surface area contributed by atoms with Gasteiger partial charge >= 0.3 is 0 Å². The van der Waals surface area contributed by atoms with Gasteiger partial charge in [0, 0.05) is 12.4 Å². The monoisotopic (exact) mass is 368 g/mol. The molecule has 0 bridgehead atoms. The number of nitrogens with one attached hydrogen (secondary N) is 1. The number of carboxylic acids is 1. The van der Waals surface area contributed by atoms with Gasteiger partial charge in [-0.1, -0.05) is 42.1 Å². The number of aliphatic carboxylic acids is 1. The predicted molar refractivity (Wildman–Crippen MR) is 97.1 cm³/mol. The maximum atomic E-state index is 11.6. The summed E-state index contributed by atoms with van der Waals surface area (Å²) >= 11 is 1.02. The number of amides is 1. The highest BCUT2D eigenvalue weighted by molar-refractivity contribution is 8.15. The van der Waals surface area contributed by atoms with Crippen molar-refractivity contribution in [2.45, 2.75) is 11.7 Å². The molecule has 1 saturated heterocycles. The third-order valence-electron chi connectivity index (χ3n) is 3.32. The molecule has 132 valence electrons. The molecule has 1 N–H and O–H groups in total. The van der Waals surface area contributed by atoms with Crippen molar-refractivity contribution in [3.05, 3.63) is 60.2 Å². The average molecular weight is 368 g/mol. The van der Waals surface area contributed by atoms with E-state index in [1.807, 2.05) is 48.5 Å². The van der Waals surface area contributed by atoms with Crippen LogP contribution >= 0.6 is 11.8 Å². The van der Waals surface area contributed by atoms with E-state index >= 15 is 0 Å². The standard InChI is InChI=1S/C18H15N3O4S/c22-16(23)10-15-17(24)20-18(26-15)21-19-11-12-5-4-8-14(9-12)25-13-6-2-1-3-7-13/h1-9,11,15H,10H2,(H,22,23)(H,20,21,24)/p-1/b19-11-/t15-/m1/s1. The Morgan fingerprint density at radius 1 is 1.19 bits per heavy atom. The van der Waals surface area contributed by atoms with E-state index in [1.54, 1.807) is 6.07 Å². The number of carbonyl (C=O) groups excluding carboxylic acids is 2. The molecule has 0 saturated carbocycles. The van der Waals surface area contributed by atoms with Crippen molar-refractivity contribution in [3.63, 3.8) is 0 Å². The SMILES string of the molecule is O=C([O-])C[C@H]1S/C(=N/N=C\c2cccc(Oc3ccccc3)c2)NC1=O. The topological polar surface area (TPSA) is 103 Å². The molecule has 8 heteroatoms. The Morgan fingerprint density at radius 2 is 1.96 bits per heavy atom. The first-order chi connectivity index (χ1) is 12.6. The first-order valence-corrected chi connectivity index (χ1v) is 8.59. The zero-order chi connectivity index (χ0) is 18.4. The lowest BCUT2D eigenvalue weighted by Crippen LogP contribution is -2.31. The largest absolute Gasteiger partial charge is 0.550 e. The summed E-state index contributed by atoms with van der Waals surface area (Å²) in [7, 11) is 0. The van der Waals surface area contributed by atoms with Gasteiger partial charge in [0.1, 0.15) is 11.5 Å². The molecule has 0 spiro atoms. The molecule has 2 aromatic rings. The van der Waals surface area contributed by atoms with Gasteiger partial charge in [-0.2, -0.15) is 5.10 Å². The fourth-order valence-electron chi connectivity index (χ4n) is 2.17. The molecule has 1 amide bonds. The Balaban J connectivity index is 1.63. The molecule has 1 heterocycles. The minimum absolute atomic E-state index is 0.259. The third-order valence-corrected chi connectivity index (χ3v) is 4.39. The van der Waals surface area contributed by atoms with E-state index in [1.165, 1.54) is 6.21 Å². The van der Waals surface area contributed by atoms with Crippen molar-refractivity contribution in [1.29, 1.82) is 0 Å². The van der Waals surface area contributed by atoms with Crippen LogP contribution in [-0.4, -0.2) is 28.5 Å². The number of amidine groups is 1. The molecule has 0 unspecified atom stereocenters. The zero-order valence-electron chi connectivity index (χ0n) is 13.5. The minimum Gasteiger partial charge on any atom is -0.550 e. The zero-order valence-corrected chi connectivity index (χ0v) is 14.3. The number of carbonyl (C=O) groups is 2. The van der Waals surface area contributed by atoms with Gasteiger partial charge in [-0.05, 0) is 29.8 Å². The number of hydrogen-bond donors (Lipinski definition) is 1. The normalized spacial score (nSPS) is 18.2. The summed E-state index contributed by atoms with van der Waals surface area (Å²) in [5.41, 5.74) is 0.767. The summed E-state index contributed by atoms with van der Waals surface area (Å²) in [6.45, 7) is 0. The van der Waals surface area contributed by atoms with Crippen LogP contribution in [0.15, 0.2) is 64.8 Å². The number of nitrogens with zero attached hydrogens (tertiary/aromatic N) is 2. The highest BCUT2D eigenvalue weighted by Crippen LogP contribution is 2.23. The van der Waals surface area contributed by atoms with Crippen LogP contribution in [-0.2, 0) is 9.59 Å². The van der Waals surface area contributed by atoms with Crippen LogP contribution < -0.4 is 15.2 Å². The molecule has 1 fully saturated rings. The lowest BCUT2D eigenvalue weighted by molar-refractivity contribution is -0.305. The van der Waals surface area contributed by atoms with Crippen LogP contribution in [0.3, 0.4) is 0 Å². The van der Waals surface area contributed by atoms with Crippen LogP contribution in [0.1, 0.15) is 12.0 Å². The van der Waals surface area contributed by atoms with Gasteiger partial charge in [0.2, 0.25) is 5.91 Å². The van der Waals surface area contributed by atoms with Gasteiger partial charge < -0.3 is 20.0 Å². The second kappa shape index (κ2) is 8.30. The molecule has 3 rings (SSSR count). The number of carboxylic acid groups (broad SMARTS) is 1. The summed E-state index contributed by atoms with van der Waals surface area (Å²) < 4.78 is 5.74. The maximum absolute atomic E-state index is 11.6. The second-order valence-corrected chi connectivity index (χ2v) is 6.50. The Morgan fingerprint density at radius 3 is 2.73 bits per heavy atom. The van der Waals surface area contributed by atoms with Crippen LogP contribution in [0.25, 0.3) is 0 Å². The average Bonchev–Trinajstić information content (AvgIpc) is 2.95. The summed E-state index contributed by atoms with van der Waals surface area (Å²) in [5.74, 6) is -0.305. The molecule has 2 aromatic carbocycles. The van der Waals surface area contributed by atoms with Crippen molar-refractivity contribution in [2.24, 2.45) is 10.2 Å². The molecule has 1 aliphatic rings. The first kappa shape index (κ1) is 17.7. The van der Waals surface area contributed by atoms with Crippen molar-refractivity contribution < 1.29 is 19.4 Å². The Hall–Kier alpha value is -3.13. The highest BCUT2D eigenvalue weighted by atomic mass is 32.2. The van der Waals surface area contributed by atoms with Crippen molar-refractivity contribution in [3.8, 4) is 11.5 Å². The molecule has 0 aromatic heterocycles. The number of hydrogen-bond acceptors (Lipinski definition) is 7. The van der Waals surface area contributed by atoms with Crippen LogP contribution in [0.5, 0.6) is 11.5 Å². The van der Waals surface area contributed by atoms with Gasteiger partial charge in [-0.3, -0.25) is 4.79 Å². The third kappa shape index (κ3) is 4.93. The number of ether oxygens (including phenoxy) is 1. The lowest BCUT2D eigenvalue weighted by Gasteiger charge is -2.05. The maximum Gasteiger partial charge on any atom is 0.239 e. The number of thioether (sulfide) groups is 1. The summed E-state index contributed by atoms with van der Waals surface area (Å²) in [5, 5.41) is 20.4. The first-order valence-electron chi connectivity index (χ1n) is 7.71. The minimum atomic E-state index is -1.28. The van der Waals surface area contributed by atoms with Gasteiger partial charge in [0.25, 0.3) is 0 Å². The Kier molecular flexibility index (Phi) is 5.65. The molecule has 7 nitrogen and oxygen atoms in total. The van der Waals surface area contributed by atoms with Gasteiger partial charge in [-0.15, -0.1) is 5.10 Å². The lowest BCUT2D eigenvalue weighted by atomic mass is 10.2. The molecular weight excluding hydrogens is 354 g/mol. The smallest absolute Gasteiger partial charge is 0.239 e. The molecule has 0 aliphatic carbocycles. The number of para-hydroxylation sites is 1. The van der Waals surface area contributed by atoms with E-state index in [0.717, 1.165) is 23.1 Å². The summed E-state index contributed by atoms with van der Waals surface area (Å²) in [6.07, 6.45) is 1.15. The molecule has 1 aliphatic heterocycles. The molecule has 0 radical (unpaired) electrons. The second-order valence-electron chi connectivity index (χ2n) is 5.31. The van der Waals surface area contributed by atoms with E-state index < -0.39 is 17.1 Å². The van der Waals surface area contributed by atoms with Crippen LogP contribution in [0.4, 0.5) is 0 Å². The summed E-state index contributed by atoms with van der Waals surface area (Å²) in [4.78, 5) is 22.2. The Labute approximate surface area is 153 Å². The molecule has 1 atom stereocenters. The summed E-state index contributed by atoms with van der Waals surface area (Å²) in [6, 6.07) is 16.7. The number of benzene rings is 2. The van der Waals surface area contributed by atoms with Gasteiger partial charge in [0.15, 0.2) is 5.17 Å². The highest BCUT2D eigenvalue weighted by Gasteiger charge is 2.30. The fourth-order valence-corrected chi connectivity index (χ4v) is 3.08. The van der Waals surface area contributed by atoms with E-state index in [0.29, 0.717) is 5.75 Å². The molecular formula is C18H14N3O4S-. The predicted octanol–water partition coefficient (Wildman–Crippen LogP) is 1.54. The van der Waals surface area contributed by atoms with Gasteiger partial charge in [-0.25, -0.2) is 0 Å². The van der Waals surface area contributed by atoms with Crippen molar-refractivity contribution in [1.82, 2.24) is 5.32 Å². The van der Waals surface area contributed by atoms with Crippen LogP contribution in [0, 0.1) is 0 Å². The van der Waals surface area contributed by atoms with Gasteiger partial charge in [0.05, 0.1) is 11.5 Å².